The minimum absolute atomic E-state index is 0.106. The number of esters is 1. The predicted molar refractivity (Wildman–Crippen MR) is 48.5 cm³/mol. The van der Waals surface area contributed by atoms with E-state index in [1.54, 1.807) is 6.92 Å². The summed E-state index contributed by atoms with van der Waals surface area (Å²) < 4.78 is 4.73. The van der Waals surface area contributed by atoms with Crippen molar-refractivity contribution in [2.75, 3.05) is 12.3 Å². The van der Waals surface area contributed by atoms with Crippen LogP contribution in [0, 0.1) is 0 Å². The van der Waals surface area contributed by atoms with Crippen molar-refractivity contribution in [3.05, 3.63) is 23.8 Å². The summed E-state index contributed by atoms with van der Waals surface area (Å²) in [5.74, 6) is -0.566. The fourth-order valence-corrected chi connectivity index (χ4v) is 0.885. The number of phenolic OH excluding ortho intramolecular Hbond substituents is 1. The average Bonchev–Trinajstić information content (AvgIpc) is 2.10. The van der Waals surface area contributed by atoms with Crippen molar-refractivity contribution in [1.29, 1.82) is 0 Å². The second kappa shape index (κ2) is 3.80. The van der Waals surface area contributed by atoms with E-state index in [1.165, 1.54) is 18.2 Å². The molecule has 4 heteroatoms. The number of hydrogen-bond donors (Lipinski definition) is 2. The number of rotatable bonds is 2. The Morgan fingerprint density at radius 2 is 2.31 bits per heavy atom. The van der Waals surface area contributed by atoms with Crippen molar-refractivity contribution in [3.63, 3.8) is 0 Å². The molecule has 0 heterocycles. The molecule has 13 heavy (non-hydrogen) atoms. The van der Waals surface area contributed by atoms with Gasteiger partial charge in [0.2, 0.25) is 0 Å². The molecule has 0 amide bonds. The third-order valence-electron chi connectivity index (χ3n) is 1.54. The highest BCUT2D eigenvalue weighted by Gasteiger charge is 2.07. The van der Waals surface area contributed by atoms with E-state index in [0.717, 1.165) is 0 Å². The van der Waals surface area contributed by atoms with Crippen LogP contribution in [0.1, 0.15) is 17.3 Å². The molecule has 0 aliphatic heterocycles. The maximum Gasteiger partial charge on any atom is 0.338 e. The van der Waals surface area contributed by atoms with Crippen LogP contribution in [0.25, 0.3) is 0 Å². The van der Waals surface area contributed by atoms with Crippen molar-refractivity contribution >= 4 is 11.7 Å². The lowest BCUT2D eigenvalue weighted by Crippen LogP contribution is -2.04. The molecule has 4 nitrogen and oxygen atoms in total. The Morgan fingerprint density at radius 1 is 1.62 bits per heavy atom. The molecule has 1 rings (SSSR count). The first-order chi connectivity index (χ1) is 6.15. The van der Waals surface area contributed by atoms with Crippen molar-refractivity contribution < 1.29 is 14.6 Å². The highest BCUT2D eigenvalue weighted by Crippen LogP contribution is 2.20. The number of hydrogen-bond acceptors (Lipinski definition) is 4. The Morgan fingerprint density at radius 3 is 2.85 bits per heavy atom. The fraction of sp³-hybridized carbons (Fsp3) is 0.222. The highest BCUT2D eigenvalue weighted by molar-refractivity contribution is 5.90. The van der Waals surface area contributed by atoms with Crippen molar-refractivity contribution in [2.24, 2.45) is 0 Å². The molecule has 0 radical (unpaired) electrons. The Bertz CT molecular complexity index is 323. The van der Waals surface area contributed by atoms with Gasteiger partial charge in [-0.1, -0.05) is 0 Å². The third kappa shape index (κ3) is 2.11. The van der Waals surface area contributed by atoms with Gasteiger partial charge in [-0.05, 0) is 25.1 Å². The van der Waals surface area contributed by atoms with E-state index in [-0.39, 0.29) is 11.4 Å². The number of phenols is 1. The first kappa shape index (κ1) is 9.38. The zero-order chi connectivity index (χ0) is 9.84. The maximum atomic E-state index is 11.1. The molecule has 1 aromatic rings. The van der Waals surface area contributed by atoms with Crippen LogP contribution in [-0.2, 0) is 4.74 Å². The Hall–Kier alpha value is -1.71. The van der Waals surface area contributed by atoms with Crippen LogP contribution in [0.5, 0.6) is 5.75 Å². The molecule has 0 atom stereocenters. The van der Waals surface area contributed by atoms with Crippen LogP contribution in [0.2, 0.25) is 0 Å². The monoisotopic (exact) mass is 181 g/mol. The number of ether oxygens (including phenoxy) is 1. The first-order valence-electron chi connectivity index (χ1n) is 3.90. The summed E-state index contributed by atoms with van der Waals surface area (Å²) in [6.07, 6.45) is 0. The molecular weight excluding hydrogens is 170 g/mol. The first-order valence-corrected chi connectivity index (χ1v) is 3.90. The Balaban J connectivity index is 2.90. The van der Waals surface area contributed by atoms with Gasteiger partial charge in [0.25, 0.3) is 0 Å². The van der Waals surface area contributed by atoms with Gasteiger partial charge < -0.3 is 15.6 Å². The summed E-state index contributed by atoms with van der Waals surface area (Å²) in [6.45, 7) is 2.03. The van der Waals surface area contributed by atoms with Crippen LogP contribution in [-0.4, -0.2) is 17.7 Å². The molecule has 0 saturated carbocycles. The number of anilines is 1. The standard InChI is InChI=1S/C9H11NO3/c1-2-13-9(12)6-3-4-7(10)8(11)5-6/h3-5,11H,2,10H2,1H3. The van der Waals surface area contributed by atoms with Crippen LogP contribution < -0.4 is 5.73 Å². The van der Waals surface area contributed by atoms with E-state index >= 15 is 0 Å². The zero-order valence-corrected chi connectivity index (χ0v) is 7.28. The number of benzene rings is 1. The van der Waals surface area contributed by atoms with Gasteiger partial charge in [0.05, 0.1) is 17.9 Å². The molecule has 0 saturated heterocycles. The Labute approximate surface area is 75.9 Å². The Kier molecular flexibility index (Phi) is 2.74. The normalized spacial score (nSPS) is 9.62. The zero-order valence-electron chi connectivity index (χ0n) is 7.28. The van der Waals surface area contributed by atoms with Crippen molar-refractivity contribution in [2.45, 2.75) is 6.92 Å². The summed E-state index contributed by atoms with van der Waals surface area (Å²) in [6, 6.07) is 4.25. The molecule has 0 aliphatic rings. The quantitative estimate of drug-likeness (QED) is 0.408. The van der Waals surface area contributed by atoms with Gasteiger partial charge >= 0.3 is 5.97 Å². The van der Waals surface area contributed by atoms with E-state index in [0.29, 0.717) is 12.2 Å². The number of nitrogen functional groups attached to an aromatic ring is 1. The van der Waals surface area contributed by atoms with E-state index in [9.17, 15) is 9.90 Å². The number of aromatic hydroxyl groups is 1. The predicted octanol–water partition coefficient (Wildman–Crippen LogP) is 1.15. The molecule has 0 aliphatic carbocycles. The third-order valence-corrected chi connectivity index (χ3v) is 1.54. The number of carbonyl (C=O) groups excluding carboxylic acids is 1. The fourth-order valence-electron chi connectivity index (χ4n) is 0.885. The summed E-state index contributed by atoms with van der Waals surface area (Å²) in [7, 11) is 0. The molecule has 0 unspecified atom stereocenters. The second-order valence-electron chi connectivity index (χ2n) is 2.49. The van der Waals surface area contributed by atoms with Gasteiger partial charge in [-0.15, -0.1) is 0 Å². The molecule has 0 bridgehead atoms. The van der Waals surface area contributed by atoms with E-state index < -0.39 is 5.97 Å². The van der Waals surface area contributed by atoms with Crippen LogP contribution in [0.3, 0.4) is 0 Å². The number of nitrogens with two attached hydrogens (primary N) is 1. The van der Waals surface area contributed by atoms with Crippen molar-refractivity contribution in [3.8, 4) is 5.75 Å². The lowest BCUT2D eigenvalue weighted by molar-refractivity contribution is 0.0526. The molecule has 3 N–H and O–H groups in total. The molecule has 1 aromatic carbocycles. The van der Waals surface area contributed by atoms with Crippen molar-refractivity contribution in [1.82, 2.24) is 0 Å². The summed E-state index contributed by atoms with van der Waals surface area (Å²) in [5.41, 5.74) is 5.90. The summed E-state index contributed by atoms with van der Waals surface area (Å²) in [5, 5.41) is 9.18. The van der Waals surface area contributed by atoms with Gasteiger partial charge in [-0.25, -0.2) is 4.79 Å². The topological polar surface area (TPSA) is 72.5 Å². The van der Waals surface area contributed by atoms with Gasteiger partial charge in [0, 0.05) is 0 Å². The molecule has 0 fully saturated rings. The second-order valence-corrected chi connectivity index (χ2v) is 2.49. The molecule has 0 spiro atoms. The minimum Gasteiger partial charge on any atom is -0.506 e. The van der Waals surface area contributed by atoms with E-state index in [2.05, 4.69) is 0 Å². The van der Waals surface area contributed by atoms with Crippen LogP contribution in [0.15, 0.2) is 18.2 Å². The smallest absolute Gasteiger partial charge is 0.338 e. The number of carbonyl (C=O) groups is 1. The van der Waals surface area contributed by atoms with Crippen LogP contribution >= 0.6 is 0 Å². The average molecular weight is 181 g/mol. The highest BCUT2D eigenvalue weighted by atomic mass is 16.5. The van der Waals surface area contributed by atoms with Gasteiger partial charge in [0.1, 0.15) is 5.75 Å². The van der Waals surface area contributed by atoms with Crippen LogP contribution in [0.4, 0.5) is 5.69 Å². The van der Waals surface area contributed by atoms with Gasteiger partial charge in [-0.3, -0.25) is 0 Å². The molecule has 70 valence electrons. The van der Waals surface area contributed by atoms with Gasteiger partial charge in [0.15, 0.2) is 0 Å². The minimum atomic E-state index is -0.460. The van der Waals surface area contributed by atoms with E-state index in [1.807, 2.05) is 0 Å². The van der Waals surface area contributed by atoms with Gasteiger partial charge in [-0.2, -0.15) is 0 Å². The summed E-state index contributed by atoms with van der Waals surface area (Å²) in [4.78, 5) is 11.1. The largest absolute Gasteiger partial charge is 0.506 e. The lowest BCUT2D eigenvalue weighted by Gasteiger charge is -2.03. The lowest BCUT2D eigenvalue weighted by atomic mass is 10.2. The maximum absolute atomic E-state index is 11.1. The molecule has 0 aromatic heterocycles. The molecular formula is C9H11NO3. The summed E-state index contributed by atoms with van der Waals surface area (Å²) >= 11 is 0. The SMILES string of the molecule is CCOC(=O)c1ccc(N)c(O)c1. The van der Waals surface area contributed by atoms with E-state index in [4.69, 9.17) is 10.5 Å².